The SMILES string of the molecule is O=C(C=CC1CCC(O)C(O)C1)OC[C@H]1O[C@@H](OC2CC3C(O[C@@H]4O[C@H](CO)[C@@H](O)[C@H](O)[C@H]4O)CC(O)CC3[OH+]C2C2CCC(O)C(O)C2)[C@H](O[C@@H]2O[C@H](COC(=O)C3CCC(O)CC3)[C@@H](O)[C@H](O)[C@H]2O)[C@@H](O)[C@@H]1O. The first-order valence-corrected chi connectivity index (χ1v) is 26.5. The summed E-state index contributed by atoms with van der Waals surface area (Å²) in [6.07, 6.45) is -29.9. The number of hydrogen-bond acceptors (Lipinski definition) is 25. The predicted octanol–water partition coefficient (Wildman–Crippen LogP) is -6.13. The van der Waals surface area contributed by atoms with Crippen LogP contribution in [0.4, 0.5) is 0 Å². The highest BCUT2D eigenvalue weighted by atomic mass is 16.8. The molecule has 26 nitrogen and oxygen atoms in total. The van der Waals surface area contributed by atoms with Crippen molar-refractivity contribution in [3.63, 3.8) is 0 Å². The zero-order chi connectivity index (χ0) is 54.0. The minimum atomic E-state index is -2.03. The van der Waals surface area contributed by atoms with Gasteiger partial charge in [-0.05, 0) is 76.5 Å². The Morgan fingerprint density at radius 1 is 0.507 bits per heavy atom. The maximum Gasteiger partial charge on any atom is 0.330 e. The normalized spacial score (nSPS) is 49.9. The smallest absolute Gasteiger partial charge is 0.330 e. The van der Waals surface area contributed by atoms with Crippen LogP contribution in [0, 0.1) is 23.7 Å². The van der Waals surface area contributed by atoms with Crippen LogP contribution in [0.3, 0.4) is 0 Å². The van der Waals surface area contributed by atoms with Crippen LogP contribution in [0.1, 0.15) is 83.5 Å². The molecule has 75 heavy (non-hydrogen) atoms. The summed E-state index contributed by atoms with van der Waals surface area (Å²) in [6.45, 7) is -2.03. The molecule has 27 atom stereocenters. The van der Waals surface area contributed by atoms with Gasteiger partial charge in [-0.25, -0.2) is 4.79 Å². The highest BCUT2D eigenvalue weighted by Gasteiger charge is 2.58. The number of aliphatic hydroxyl groups excluding tert-OH is 15. The molecule has 8 fully saturated rings. The minimum absolute atomic E-state index is 0.00617. The molecular weight excluding hydrogens is 1000 g/mol. The zero-order valence-electron chi connectivity index (χ0n) is 41.4. The fourth-order valence-electron chi connectivity index (χ4n) is 12.1. The third-order valence-corrected chi connectivity index (χ3v) is 16.7. The maximum atomic E-state index is 13.0. The van der Waals surface area contributed by atoms with Gasteiger partial charge in [-0.3, -0.25) is 4.79 Å². The number of aliphatic hydroxyl groups is 17. The van der Waals surface area contributed by atoms with Crippen LogP contribution in [0.5, 0.6) is 0 Å². The summed E-state index contributed by atoms with van der Waals surface area (Å²) < 4.78 is 53.1. The van der Waals surface area contributed by atoms with E-state index in [0.29, 0.717) is 44.9 Å². The molecule has 0 aromatic carbocycles. The summed E-state index contributed by atoms with van der Waals surface area (Å²) in [4.78, 5) is 26.0. The molecule has 8 aliphatic rings. The summed E-state index contributed by atoms with van der Waals surface area (Å²) >= 11 is 0. The van der Waals surface area contributed by atoms with Crippen molar-refractivity contribution in [2.24, 2.45) is 23.7 Å². The van der Waals surface area contributed by atoms with Gasteiger partial charge in [0.2, 0.25) is 0 Å². The van der Waals surface area contributed by atoms with Crippen LogP contribution >= 0.6 is 0 Å². The fraction of sp³-hybridized carbons (Fsp3) is 0.918. The molecule has 12 unspecified atom stereocenters. The number of carbonyl (C=O) groups excluding carboxylic acids is 2. The van der Waals surface area contributed by atoms with Crippen molar-refractivity contribution in [3.05, 3.63) is 12.2 Å². The number of esters is 2. The highest BCUT2D eigenvalue weighted by Crippen LogP contribution is 2.44. The Morgan fingerprint density at radius 2 is 1.08 bits per heavy atom. The number of ether oxygens (including phenoxy) is 9. The lowest BCUT2D eigenvalue weighted by Crippen LogP contribution is -2.66. The van der Waals surface area contributed by atoms with E-state index in [1.807, 2.05) is 0 Å². The topological polar surface area (TPSA) is 424 Å². The van der Waals surface area contributed by atoms with E-state index in [4.69, 9.17) is 42.6 Å². The van der Waals surface area contributed by atoms with Crippen molar-refractivity contribution in [1.82, 2.24) is 0 Å². The van der Waals surface area contributed by atoms with Crippen molar-refractivity contribution in [2.45, 2.75) is 237 Å². The molecule has 0 radical (unpaired) electrons. The van der Waals surface area contributed by atoms with E-state index in [1.165, 1.54) is 6.08 Å². The number of rotatable bonds is 15. The van der Waals surface area contributed by atoms with Crippen LogP contribution in [0.25, 0.3) is 0 Å². The van der Waals surface area contributed by atoms with E-state index in [-0.39, 0.29) is 44.4 Å². The average Bonchev–Trinajstić information content (AvgIpc) is 3.39. The monoisotopic (exact) mass is 1080 g/mol. The largest absolute Gasteiger partial charge is 0.463 e. The molecule has 0 bridgehead atoms. The molecule has 26 heteroatoms. The van der Waals surface area contributed by atoms with Gasteiger partial charge in [-0.15, -0.1) is 0 Å². The number of allylic oxidation sites excluding steroid dienone is 1. The molecular formula is C49H79O26+. The Labute approximate surface area is 432 Å². The highest BCUT2D eigenvalue weighted by molar-refractivity contribution is 5.81. The second-order valence-electron chi connectivity index (χ2n) is 22.0. The summed E-state index contributed by atoms with van der Waals surface area (Å²) in [5.41, 5.74) is 0. The molecule has 0 aromatic rings. The van der Waals surface area contributed by atoms with Crippen LogP contribution in [-0.4, -0.2) is 266 Å². The van der Waals surface area contributed by atoms with Crippen LogP contribution in [0.15, 0.2) is 12.2 Å². The van der Waals surface area contributed by atoms with Gasteiger partial charge in [0, 0.05) is 24.8 Å². The molecule has 0 spiro atoms. The molecule has 4 aliphatic heterocycles. The van der Waals surface area contributed by atoms with Gasteiger partial charge in [0.05, 0.1) is 61.2 Å². The Morgan fingerprint density at radius 3 is 1.73 bits per heavy atom. The Balaban J connectivity index is 1.05. The Bertz CT molecular complexity index is 1860. The van der Waals surface area contributed by atoms with Crippen molar-refractivity contribution < 1.29 is 129 Å². The second kappa shape index (κ2) is 25.9. The lowest BCUT2D eigenvalue weighted by Gasteiger charge is -2.50. The number of carbonyl (C=O) groups is 2. The molecule has 4 saturated carbocycles. The van der Waals surface area contributed by atoms with Crippen LogP contribution in [0.2, 0.25) is 0 Å². The summed E-state index contributed by atoms with van der Waals surface area (Å²) in [5, 5.41) is 161. The van der Waals surface area contributed by atoms with Gasteiger partial charge >= 0.3 is 11.9 Å². The molecule has 430 valence electrons. The van der Waals surface area contributed by atoms with E-state index < -0.39 is 203 Å². The minimum Gasteiger partial charge on any atom is -0.463 e. The first-order valence-electron chi connectivity index (χ1n) is 26.5. The average molecular weight is 1080 g/mol. The van der Waals surface area contributed by atoms with E-state index in [1.54, 1.807) is 0 Å². The lowest BCUT2D eigenvalue weighted by atomic mass is 9.72. The van der Waals surface area contributed by atoms with E-state index in [0.717, 1.165) is 6.08 Å². The number of fused-ring (bicyclic) bond motifs is 1. The summed E-state index contributed by atoms with van der Waals surface area (Å²) in [6, 6.07) is 0. The van der Waals surface area contributed by atoms with Gasteiger partial charge in [0.25, 0.3) is 0 Å². The van der Waals surface area contributed by atoms with Gasteiger partial charge in [0.15, 0.2) is 31.1 Å². The maximum absolute atomic E-state index is 13.0. The van der Waals surface area contributed by atoms with Gasteiger partial charge in [-0.1, -0.05) is 6.08 Å². The molecule has 8 rings (SSSR count). The fourth-order valence-corrected chi connectivity index (χ4v) is 12.1. The zero-order valence-corrected chi connectivity index (χ0v) is 41.4. The molecule has 4 aliphatic carbocycles. The lowest BCUT2D eigenvalue weighted by molar-refractivity contribution is -0.390. The van der Waals surface area contributed by atoms with Crippen molar-refractivity contribution >= 4 is 11.9 Å². The standard InChI is InChI=1S/C49H78O26/c50-16-32-36(58)39(61)42(64)47(72-32)70-30-14-23(52)13-29-24(30)15-31(44(69-29)21-5-9-26(54)28(56)12-21)71-49-45(41(63)38(60)33(74-49)17-67-35(57)10-2-19-1-8-25(53)27(55)11-19)75-48-43(65)40(62)37(59)34(73-48)18-68-46(66)20-3-6-22(51)7-4-20/h2,10,19-34,36-45,47-56,58-65H,1,3-9,11-18H2/p+1/t19?,20?,21?,22?,23?,24?,25?,26?,27?,28?,29?,30?,31?,32-,33-,34-,36-,37-,38-,39+,40+,41+,42-,43-,44?,45-,47-,48+,49-/m1/s1. The Kier molecular flexibility index (Phi) is 20.4. The molecule has 0 aromatic heterocycles. The molecule has 0 amide bonds. The Hall–Kier alpha value is -2.20. The summed E-state index contributed by atoms with van der Waals surface area (Å²) in [5.74, 6) is -3.46. The number of hydrogen-bond donors (Lipinski definition) is 15. The van der Waals surface area contributed by atoms with Gasteiger partial charge in [-0.2, -0.15) is 0 Å². The second-order valence-corrected chi connectivity index (χ2v) is 22.0. The quantitative estimate of drug-likeness (QED) is 0.0412. The van der Waals surface area contributed by atoms with E-state index >= 15 is 0 Å². The molecule has 4 heterocycles. The van der Waals surface area contributed by atoms with Crippen molar-refractivity contribution in [2.75, 3.05) is 19.8 Å². The third kappa shape index (κ3) is 13.9. The van der Waals surface area contributed by atoms with Gasteiger partial charge in [0.1, 0.15) is 92.6 Å². The van der Waals surface area contributed by atoms with Crippen LogP contribution in [-0.2, 0) is 47.5 Å². The van der Waals surface area contributed by atoms with Crippen molar-refractivity contribution in [1.29, 1.82) is 0 Å². The van der Waals surface area contributed by atoms with E-state index in [9.17, 15) is 86.2 Å². The van der Waals surface area contributed by atoms with Crippen molar-refractivity contribution in [3.8, 4) is 0 Å². The predicted molar refractivity (Wildman–Crippen MR) is 247 cm³/mol. The van der Waals surface area contributed by atoms with Gasteiger partial charge < -0.3 is 119 Å². The molecule has 16 N–H and O–H groups in total. The van der Waals surface area contributed by atoms with E-state index in [2.05, 4.69) is 0 Å². The third-order valence-electron chi connectivity index (χ3n) is 16.7. The molecule has 4 saturated heterocycles. The summed E-state index contributed by atoms with van der Waals surface area (Å²) in [7, 11) is 0. The first kappa shape index (κ1) is 58.9. The van der Waals surface area contributed by atoms with Crippen LogP contribution < -0.4 is 0 Å². The first-order chi connectivity index (χ1) is 35.7.